The van der Waals surface area contributed by atoms with Crippen LogP contribution in [0.15, 0.2) is 48.5 Å². The lowest BCUT2D eigenvalue weighted by Crippen LogP contribution is -2.12. The Morgan fingerprint density at radius 2 is 1.93 bits per heavy atom. The molecule has 0 aliphatic carbocycles. The predicted molar refractivity (Wildman–Crippen MR) is 109 cm³/mol. The zero-order valence-electron chi connectivity index (χ0n) is 15.7. The monoisotopic (exact) mass is 411 g/mol. The van der Waals surface area contributed by atoms with Crippen LogP contribution < -0.4 is 4.74 Å². The van der Waals surface area contributed by atoms with E-state index in [1.165, 1.54) is 19.2 Å². The molecule has 0 fully saturated rings. The van der Waals surface area contributed by atoms with Crippen molar-refractivity contribution >= 4 is 23.9 Å². The van der Waals surface area contributed by atoms with Gasteiger partial charge in [0.05, 0.1) is 30.0 Å². The molecule has 148 valence electrons. The molecule has 2 aromatic carbocycles. The van der Waals surface area contributed by atoms with Crippen LogP contribution in [0.5, 0.6) is 5.75 Å². The van der Waals surface area contributed by atoms with Crippen molar-refractivity contribution in [3.8, 4) is 28.3 Å². The minimum Gasteiger partial charge on any atom is -0.490 e. The van der Waals surface area contributed by atoms with Gasteiger partial charge >= 0.3 is 11.7 Å². The number of rotatable bonds is 6. The van der Waals surface area contributed by atoms with Crippen molar-refractivity contribution in [3.63, 3.8) is 0 Å². The average Bonchev–Trinajstić information content (AvgIpc) is 2.73. The quantitative estimate of drug-likeness (QED) is 0.274. The smallest absolute Gasteiger partial charge is 0.342 e. The lowest BCUT2D eigenvalue weighted by Gasteiger charge is -2.14. The minimum atomic E-state index is -0.612. The van der Waals surface area contributed by atoms with Crippen molar-refractivity contribution in [2.75, 3.05) is 13.7 Å². The third kappa shape index (κ3) is 4.14. The summed E-state index contributed by atoms with van der Waals surface area (Å²) in [6.07, 6.45) is 0. The number of nitro groups is 1. The van der Waals surface area contributed by atoms with E-state index in [1.807, 2.05) is 30.3 Å². The zero-order chi connectivity index (χ0) is 21.0. The number of nitrogens with one attached hydrogen (secondary N) is 1. The first-order valence-electron chi connectivity index (χ1n) is 8.66. The number of benzene rings is 2. The summed E-state index contributed by atoms with van der Waals surface area (Å²) < 4.78 is 10.4. The van der Waals surface area contributed by atoms with E-state index in [9.17, 15) is 14.9 Å². The highest BCUT2D eigenvalue weighted by Crippen LogP contribution is 2.35. The second-order valence-corrected chi connectivity index (χ2v) is 6.26. The molecule has 3 rings (SSSR count). The Morgan fingerprint density at radius 3 is 2.55 bits per heavy atom. The normalized spacial score (nSPS) is 10.4. The third-order valence-electron chi connectivity index (χ3n) is 4.12. The number of methoxy groups -OCH3 is 1. The molecule has 0 radical (unpaired) electrons. The molecular formula is C20H17N3O5S. The van der Waals surface area contributed by atoms with Gasteiger partial charge in [-0.25, -0.2) is 9.78 Å². The Balaban J connectivity index is 2.33. The molecule has 1 aromatic heterocycles. The third-order valence-corrected chi connectivity index (χ3v) is 4.32. The number of hydrogen-bond acceptors (Lipinski definition) is 7. The molecule has 1 heterocycles. The maximum atomic E-state index is 12.8. The van der Waals surface area contributed by atoms with Gasteiger partial charge in [-0.15, -0.1) is 0 Å². The van der Waals surface area contributed by atoms with Crippen LogP contribution in [-0.4, -0.2) is 34.6 Å². The van der Waals surface area contributed by atoms with Crippen LogP contribution in [0.3, 0.4) is 0 Å². The summed E-state index contributed by atoms with van der Waals surface area (Å²) in [6, 6.07) is 13.4. The van der Waals surface area contributed by atoms with Gasteiger partial charge in [-0.05, 0) is 36.8 Å². The van der Waals surface area contributed by atoms with Crippen molar-refractivity contribution in [3.05, 3.63) is 69.0 Å². The standard InChI is InChI=1S/C20H17N3O5S/c1-3-28-19(24)16-17(12-7-5-4-6-8-12)21-20(29)22-18(16)13-9-10-15(27-2)14(11-13)23(25)26/h4-11H,3H2,1-2H3,(H,21,22,29). The summed E-state index contributed by atoms with van der Waals surface area (Å²) in [7, 11) is 1.34. The molecule has 0 saturated heterocycles. The number of esters is 1. The number of nitrogens with zero attached hydrogens (tertiary/aromatic N) is 2. The highest BCUT2D eigenvalue weighted by atomic mass is 32.1. The Kier molecular flexibility index (Phi) is 5.99. The van der Waals surface area contributed by atoms with Crippen molar-refractivity contribution in [1.29, 1.82) is 0 Å². The molecular weight excluding hydrogens is 394 g/mol. The lowest BCUT2D eigenvalue weighted by atomic mass is 9.99. The fourth-order valence-corrected chi connectivity index (χ4v) is 3.08. The van der Waals surface area contributed by atoms with E-state index in [1.54, 1.807) is 13.0 Å². The lowest BCUT2D eigenvalue weighted by molar-refractivity contribution is -0.385. The molecule has 8 nitrogen and oxygen atoms in total. The Hall–Kier alpha value is -3.59. The van der Waals surface area contributed by atoms with Crippen molar-refractivity contribution in [1.82, 2.24) is 9.97 Å². The average molecular weight is 411 g/mol. The van der Waals surface area contributed by atoms with Crippen LogP contribution >= 0.6 is 12.2 Å². The van der Waals surface area contributed by atoms with Gasteiger partial charge in [-0.3, -0.25) is 10.1 Å². The summed E-state index contributed by atoms with van der Waals surface area (Å²) in [6.45, 7) is 1.85. The number of nitro benzene ring substituents is 1. The summed E-state index contributed by atoms with van der Waals surface area (Å²) >= 11 is 5.25. The highest BCUT2D eigenvalue weighted by Gasteiger charge is 2.25. The number of aromatic amines is 1. The number of carbonyl (C=O) groups is 1. The van der Waals surface area contributed by atoms with E-state index < -0.39 is 10.9 Å². The van der Waals surface area contributed by atoms with Gasteiger partial charge in [0.2, 0.25) is 0 Å². The number of hydrogen-bond donors (Lipinski definition) is 1. The topological polar surface area (TPSA) is 107 Å². The molecule has 0 atom stereocenters. The van der Waals surface area contributed by atoms with Crippen molar-refractivity contribution in [2.45, 2.75) is 6.92 Å². The molecule has 0 saturated carbocycles. The Bertz CT molecular complexity index is 1130. The maximum absolute atomic E-state index is 12.8. The summed E-state index contributed by atoms with van der Waals surface area (Å²) in [5.74, 6) is -0.514. The Morgan fingerprint density at radius 1 is 1.21 bits per heavy atom. The molecule has 0 aliphatic rings. The number of aromatic nitrogens is 2. The van der Waals surface area contributed by atoms with Gasteiger partial charge in [0.15, 0.2) is 10.5 Å². The molecule has 0 unspecified atom stereocenters. The van der Waals surface area contributed by atoms with E-state index >= 15 is 0 Å². The van der Waals surface area contributed by atoms with E-state index in [-0.39, 0.29) is 34.1 Å². The molecule has 0 aliphatic heterocycles. The Labute approximate surface area is 171 Å². The van der Waals surface area contributed by atoms with Crippen LogP contribution in [0.1, 0.15) is 17.3 Å². The van der Waals surface area contributed by atoms with Gasteiger partial charge in [0.1, 0.15) is 5.56 Å². The largest absolute Gasteiger partial charge is 0.490 e. The number of H-pyrrole nitrogens is 1. The summed E-state index contributed by atoms with van der Waals surface area (Å²) in [4.78, 5) is 30.9. The number of carbonyl (C=O) groups excluding carboxylic acids is 1. The second kappa shape index (κ2) is 8.61. The van der Waals surface area contributed by atoms with Gasteiger partial charge in [-0.2, -0.15) is 0 Å². The zero-order valence-corrected chi connectivity index (χ0v) is 16.5. The first-order chi connectivity index (χ1) is 14.0. The molecule has 3 aromatic rings. The minimum absolute atomic E-state index is 0.0980. The fraction of sp³-hybridized carbons (Fsp3) is 0.150. The maximum Gasteiger partial charge on any atom is 0.342 e. The first-order valence-corrected chi connectivity index (χ1v) is 9.06. The van der Waals surface area contributed by atoms with Gasteiger partial charge < -0.3 is 14.5 Å². The van der Waals surface area contributed by atoms with Gasteiger partial charge in [0, 0.05) is 11.6 Å². The summed E-state index contributed by atoms with van der Waals surface area (Å²) in [5, 5.41) is 11.4. The van der Waals surface area contributed by atoms with E-state index in [0.717, 1.165) is 0 Å². The van der Waals surface area contributed by atoms with E-state index in [0.29, 0.717) is 16.8 Å². The molecule has 9 heteroatoms. The second-order valence-electron chi connectivity index (χ2n) is 5.87. The molecule has 29 heavy (non-hydrogen) atoms. The van der Waals surface area contributed by atoms with Crippen molar-refractivity contribution < 1.29 is 19.2 Å². The molecule has 0 bridgehead atoms. The summed E-state index contributed by atoms with van der Waals surface area (Å²) in [5.41, 5.74) is 1.56. The van der Waals surface area contributed by atoms with Crippen LogP contribution in [0.25, 0.3) is 22.5 Å². The predicted octanol–water partition coefficient (Wildman–Crippen LogP) is 4.57. The molecule has 1 N–H and O–H groups in total. The highest BCUT2D eigenvalue weighted by molar-refractivity contribution is 7.71. The van der Waals surface area contributed by atoms with Gasteiger partial charge in [-0.1, -0.05) is 30.3 Å². The molecule has 0 spiro atoms. The van der Waals surface area contributed by atoms with Crippen LogP contribution in [0.4, 0.5) is 5.69 Å². The van der Waals surface area contributed by atoms with Crippen LogP contribution in [0, 0.1) is 14.9 Å². The van der Waals surface area contributed by atoms with Crippen molar-refractivity contribution in [2.24, 2.45) is 0 Å². The van der Waals surface area contributed by atoms with E-state index in [4.69, 9.17) is 21.7 Å². The number of ether oxygens (including phenoxy) is 2. The van der Waals surface area contributed by atoms with Crippen LogP contribution in [0.2, 0.25) is 0 Å². The first kappa shape index (κ1) is 20.2. The molecule has 0 amide bonds. The van der Waals surface area contributed by atoms with E-state index in [2.05, 4.69) is 9.97 Å². The SMILES string of the molecule is CCOC(=O)c1c(-c2ccc(OC)c([N+](=O)[O-])c2)nc(=S)[nH]c1-c1ccccc1. The van der Waals surface area contributed by atoms with Gasteiger partial charge in [0.25, 0.3) is 0 Å². The fourth-order valence-electron chi connectivity index (χ4n) is 2.89. The van der Waals surface area contributed by atoms with Crippen LogP contribution in [-0.2, 0) is 4.74 Å².